The fraction of sp³-hybridized carbons (Fsp3) is 0.154. The van der Waals surface area contributed by atoms with Crippen molar-refractivity contribution in [3.8, 4) is 5.75 Å². The standard InChI is InChI=1S/C13H12FNO4/c14-8-3-4-11(17)9(6-8)13(18)15-10(7-16)12-2-1-5-19-12/h1-6,10,16-17H,7H2,(H,15,18). The van der Waals surface area contributed by atoms with Crippen molar-refractivity contribution in [1.29, 1.82) is 0 Å². The molecule has 0 fully saturated rings. The summed E-state index contributed by atoms with van der Waals surface area (Å²) in [5.41, 5.74) is -0.204. The molecule has 2 aromatic rings. The Bertz CT molecular complexity index is 568. The van der Waals surface area contributed by atoms with Crippen LogP contribution in [0.1, 0.15) is 22.2 Å². The van der Waals surface area contributed by atoms with Crippen LogP contribution >= 0.6 is 0 Å². The Kier molecular flexibility index (Phi) is 3.82. The first-order valence-electron chi connectivity index (χ1n) is 5.55. The molecule has 1 atom stereocenters. The molecule has 0 aliphatic carbocycles. The highest BCUT2D eigenvalue weighted by atomic mass is 19.1. The topological polar surface area (TPSA) is 82.7 Å². The SMILES string of the molecule is O=C(NC(CO)c1ccco1)c1cc(F)ccc1O. The first kappa shape index (κ1) is 13.1. The second-order valence-corrected chi connectivity index (χ2v) is 3.89. The van der Waals surface area contributed by atoms with Gasteiger partial charge in [-0.1, -0.05) is 0 Å². The molecule has 0 aliphatic heterocycles. The summed E-state index contributed by atoms with van der Waals surface area (Å²) in [4.78, 5) is 11.9. The van der Waals surface area contributed by atoms with Crippen LogP contribution in [0.2, 0.25) is 0 Å². The van der Waals surface area contributed by atoms with Crippen LogP contribution in [0.4, 0.5) is 4.39 Å². The molecule has 0 spiro atoms. The summed E-state index contributed by atoms with van der Waals surface area (Å²) in [5.74, 6) is -1.31. The molecule has 1 aromatic heterocycles. The van der Waals surface area contributed by atoms with E-state index in [0.717, 1.165) is 18.2 Å². The van der Waals surface area contributed by atoms with Gasteiger partial charge in [0.15, 0.2) is 0 Å². The van der Waals surface area contributed by atoms with E-state index in [1.807, 2.05) is 0 Å². The van der Waals surface area contributed by atoms with Gasteiger partial charge in [0.2, 0.25) is 0 Å². The monoisotopic (exact) mass is 265 g/mol. The first-order valence-corrected chi connectivity index (χ1v) is 5.55. The summed E-state index contributed by atoms with van der Waals surface area (Å²) in [6.07, 6.45) is 1.41. The molecule has 3 N–H and O–H groups in total. The summed E-state index contributed by atoms with van der Waals surface area (Å²) >= 11 is 0. The van der Waals surface area contributed by atoms with Gasteiger partial charge in [0, 0.05) is 0 Å². The van der Waals surface area contributed by atoms with E-state index in [0.29, 0.717) is 5.76 Å². The first-order chi connectivity index (χ1) is 9.11. The zero-order valence-corrected chi connectivity index (χ0v) is 9.84. The maximum absolute atomic E-state index is 13.0. The number of amides is 1. The zero-order chi connectivity index (χ0) is 13.8. The highest BCUT2D eigenvalue weighted by Gasteiger charge is 2.19. The molecule has 0 radical (unpaired) electrons. The van der Waals surface area contributed by atoms with E-state index in [4.69, 9.17) is 4.42 Å². The number of halogens is 1. The number of hydrogen-bond acceptors (Lipinski definition) is 4. The molecule has 1 amide bonds. The summed E-state index contributed by atoms with van der Waals surface area (Å²) in [7, 11) is 0. The van der Waals surface area contributed by atoms with E-state index in [1.54, 1.807) is 12.1 Å². The second-order valence-electron chi connectivity index (χ2n) is 3.89. The van der Waals surface area contributed by atoms with E-state index >= 15 is 0 Å². The number of aliphatic hydroxyl groups is 1. The Morgan fingerprint density at radius 1 is 1.42 bits per heavy atom. The van der Waals surface area contributed by atoms with Crippen LogP contribution in [0, 0.1) is 5.82 Å². The fourth-order valence-electron chi connectivity index (χ4n) is 1.62. The van der Waals surface area contributed by atoms with Crippen LogP contribution in [0.3, 0.4) is 0 Å². The van der Waals surface area contributed by atoms with Crippen molar-refractivity contribution in [1.82, 2.24) is 5.32 Å². The molecule has 2 rings (SSSR count). The maximum atomic E-state index is 13.0. The highest BCUT2D eigenvalue weighted by molar-refractivity contribution is 5.97. The van der Waals surface area contributed by atoms with E-state index in [9.17, 15) is 19.4 Å². The van der Waals surface area contributed by atoms with Gasteiger partial charge in [-0.2, -0.15) is 0 Å². The van der Waals surface area contributed by atoms with E-state index in [2.05, 4.69) is 5.32 Å². The molecule has 1 unspecified atom stereocenters. The third kappa shape index (κ3) is 2.92. The van der Waals surface area contributed by atoms with E-state index in [1.165, 1.54) is 6.26 Å². The minimum Gasteiger partial charge on any atom is -0.507 e. The highest BCUT2D eigenvalue weighted by Crippen LogP contribution is 2.20. The molecule has 0 saturated heterocycles. The number of benzene rings is 1. The molecular formula is C13H12FNO4. The molecular weight excluding hydrogens is 253 g/mol. The Morgan fingerprint density at radius 3 is 2.84 bits per heavy atom. The maximum Gasteiger partial charge on any atom is 0.255 e. The molecule has 1 heterocycles. The molecule has 5 nitrogen and oxygen atoms in total. The molecule has 19 heavy (non-hydrogen) atoms. The van der Waals surface area contributed by atoms with Gasteiger partial charge in [0.05, 0.1) is 18.4 Å². The van der Waals surface area contributed by atoms with Crippen molar-refractivity contribution in [3.05, 3.63) is 53.7 Å². The van der Waals surface area contributed by atoms with Gasteiger partial charge in [-0.15, -0.1) is 0 Å². The van der Waals surface area contributed by atoms with Gasteiger partial charge in [0.1, 0.15) is 23.4 Å². The average molecular weight is 265 g/mol. The Morgan fingerprint density at radius 2 is 2.21 bits per heavy atom. The van der Waals surface area contributed by atoms with Gasteiger partial charge in [-0.3, -0.25) is 4.79 Å². The largest absolute Gasteiger partial charge is 0.507 e. The lowest BCUT2D eigenvalue weighted by atomic mass is 10.1. The average Bonchev–Trinajstić information content (AvgIpc) is 2.92. The van der Waals surface area contributed by atoms with Crippen LogP contribution < -0.4 is 5.32 Å². The smallest absolute Gasteiger partial charge is 0.255 e. The number of nitrogens with one attached hydrogen (secondary N) is 1. The predicted octanol–water partition coefficient (Wildman–Crippen LogP) is 1.59. The normalized spacial score (nSPS) is 12.1. The summed E-state index contributed by atoms with van der Waals surface area (Å²) in [6, 6.07) is 5.50. The molecule has 6 heteroatoms. The van der Waals surface area contributed by atoms with Crippen molar-refractivity contribution >= 4 is 5.91 Å². The van der Waals surface area contributed by atoms with Gasteiger partial charge in [-0.05, 0) is 30.3 Å². The number of carbonyl (C=O) groups is 1. The Hall–Kier alpha value is -2.34. The third-order valence-corrected chi connectivity index (χ3v) is 2.58. The Balaban J connectivity index is 2.18. The number of phenolic OH excluding ortho intramolecular Hbond substituents is 1. The van der Waals surface area contributed by atoms with Gasteiger partial charge in [0.25, 0.3) is 5.91 Å². The summed E-state index contributed by atoms with van der Waals surface area (Å²) in [6.45, 7) is -0.380. The van der Waals surface area contributed by atoms with E-state index in [-0.39, 0.29) is 17.9 Å². The molecule has 0 saturated carbocycles. The van der Waals surface area contributed by atoms with Crippen molar-refractivity contribution in [2.24, 2.45) is 0 Å². The van der Waals surface area contributed by atoms with Crippen molar-refractivity contribution in [2.45, 2.75) is 6.04 Å². The van der Waals surface area contributed by atoms with Gasteiger partial charge >= 0.3 is 0 Å². The van der Waals surface area contributed by atoms with Crippen molar-refractivity contribution in [2.75, 3.05) is 6.61 Å². The minimum absolute atomic E-state index is 0.204. The number of carbonyl (C=O) groups excluding carboxylic acids is 1. The lowest BCUT2D eigenvalue weighted by Crippen LogP contribution is -2.30. The van der Waals surface area contributed by atoms with Crippen LogP contribution in [0.25, 0.3) is 0 Å². The number of rotatable bonds is 4. The molecule has 100 valence electrons. The minimum atomic E-state index is -0.759. The van der Waals surface area contributed by atoms with Crippen molar-refractivity contribution in [3.63, 3.8) is 0 Å². The number of aromatic hydroxyl groups is 1. The molecule has 1 aromatic carbocycles. The number of aliphatic hydroxyl groups excluding tert-OH is 1. The fourth-order valence-corrected chi connectivity index (χ4v) is 1.62. The van der Waals surface area contributed by atoms with Crippen LogP contribution in [-0.4, -0.2) is 22.7 Å². The van der Waals surface area contributed by atoms with Crippen LogP contribution in [0.5, 0.6) is 5.75 Å². The number of furan rings is 1. The second kappa shape index (κ2) is 5.53. The Labute approximate surface area is 108 Å². The molecule has 0 aliphatic rings. The number of hydrogen-bond donors (Lipinski definition) is 3. The van der Waals surface area contributed by atoms with Gasteiger partial charge in [-0.25, -0.2) is 4.39 Å². The zero-order valence-electron chi connectivity index (χ0n) is 9.84. The lowest BCUT2D eigenvalue weighted by Gasteiger charge is -2.14. The van der Waals surface area contributed by atoms with Crippen LogP contribution in [0.15, 0.2) is 41.0 Å². The quantitative estimate of drug-likeness (QED) is 0.784. The lowest BCUT2D eigenvalue weighted by molar-refractivity contribution is 0.0904. The number of phenols is 1. The summed E-state index contributed by atoms with van der Waals surface area (Å²) in [5, 5.41) is 21.2. The van der Waals surface area contributed by atoms with Crippen LogP contribution in [-0.2, 0) is 0 Å². The van der Waals surface area contributed by atoms with Gasteiger partial charge < -0.3 is 19.9 Å². The van der Waals surface area contributed by atoms with Crippen molar-refractivity contribution < 1.29 is 23.8 Å². The summed E-state index contributed by atoms with van der Waals surface area (Å²) < 4.78 is 18.1. The predicted molar refractivity (Wildman–Crippen MR) is 64.1 cm³/mol. The molecule has 0 bridgehead atoms. The third-order valence-electron chi connectivity index (χ3n) is 2.58. The van der Waals surface area contributed by atoms with E-state index < -0.39 is 17.8 Å².